The number of aryl methyl sites for hydroxylation is 1. The van der Waals surface area contributed by atoms with Gasteiger partial charge in [0, 0.05) is 53.9 Å². The van der Waals surface area contributed by atoms with Crippen LogP contribution in [0.1, 0.15) is 11.1 Å². The summed E-state index contributed by atoms with van der Waals surface area (Å²) in [6, 6.07) is 6.58. The molecule has 0 aliphatic rings. The van der Waals surface area contributed by atoms with Crippen molar-refractivity contribution in [2.75, 3.05) is 42.7 Å². The van der Waals surface area contributed by atoms with Gasteiger partial charge in [0.05, 0.1) is 0 Å². The summed E-state index contributed by atoms with van der Waals surface area (Å²) in [6.45, 7) is 2.01. The SMILES string of the molecule is CO[Si](Cc1ccc(C)cc1[Si](OC)(OC)OC)(OC)OC. The van der Waals surface area contributed by atoms with Crippen LogP contribution < -0.4 is 5.19 Å². The molecular formula is C14H26O6Si2. The molecule has 0 N–H and O–H groups in total. The topological polar surface area (TPSA) is 55.4 Å². The number of rotatable bonds is 9. The quantitative estimate of drug-likeness (QED) is 0.623. The molecule has 8 heteroatoms. The highest BCUT2D eigenvalue weighted by Crippen LogP contribution is 2.18. The predicted molar refractivity (Wildman–Crippen MR) is 88.1 cm³/mol. The van der Waals surface area contributed by atoms with Gasteiger partial charge >= 0.3 is 17.6 Å². The Morgan fingerprint density at radius 1 is 0.773 bits per heavy atom. The second kappa shape index (κ2) is 8.32. The maximum Gasteiger partial charge on any atom is 0.536 e. The molecule has 1 rings (SSSR count). The van der Waals surface area contributed by atoms with E-state index in [0.29, 0.717) is 6.04 Å². The lowest BCUT2D eigenvalue weighted by Gasteiger charge is -2.30. The largest absolute Gasteiger partial charge is 0.536 e. The first-order valence-corrected chi connectivity index (χ1v) is 10.5. The zero-order valence-corrected chi connectivity index (χ0v) is 16.4. The molecule has 0 heterocycles. The highest BCUT2D eigenvalue weighted by atomic mass is 28.4. The summed E-state index contributed by atoms with van der Waals surface area (Å²) in [4.78, 5) is 0. The number of hydrogen-bond acceptors (Lipinski definition) is 6. The van der Waals surface area contributed by atoms with Crippen LogP contribution in [0.4, 0.5) is 0 Å². The van der Waals surface area contributed by atoms with Gasteiger partial charge in [0.15, 0.2) is 0 Å². The molecule has 0 saturated carbocycles. The molecule has 0 aliphatic carbocycles. The molecule has 1 aromatic rings. The second-order valence-electron chi connectivity index (χ2n) is 4.80. The van der Waals surface area contributed by atoms with Crippen molar-refractivity contribution in [2.45, 2.75) is 13.0 Å². The molecule has 0 aliphatic heterocycles. The summed E-state index contributed by atoms with van der Waals surface area (Å²) in [5, 5.41) is 0.906. The van der Waals surface area contributed by atoms with Gasteiger partial charge in [-0.1, -0.05) is 23.8 Å². The molecule has 22 heavy (non-hydrogen) atoms. The highest BCUT2D eigenvalue weighted by molar-refractivity contribution is 6.76. The summed E-state index contributed by atoms with van der Waals surface area (Å²) >= 11 is 0. The van der Waals surface area contributed by atoms with E-state index in [0.717, 1.165) is 16.3 Å². The lowest BCUT2D eigenvalue weighted by Crippen LogP contribution is -2.57. The average molecular weight is 347 g/mol. The minimum Gasteiger partial charge on any atom is -0.377 e. The van der Waals surface area contributed by atoms with Gasteiger partial charge in [-0.25, -0.2) is 0 Å². The van der Waals surface area contributed by atoms with Crippen molar-refractivity contribution in [1.29, 1.82) is 0 Å². The van der Waals surface area contributed by atoms with Crippen molar-refractivity contribution in [3.8, 4) is 0 Å². The van der Waals surface area contributed by atoms with Gasteiger partial charge in [-0.05, 0) is 12.5 Å². The maximum atomic E-state index is 5.62. The molecule has 1 aromatic carbocycles. The second-order valence-corrected chi connectivity index (χ2v) is 10.6. The number of benzene rings is 1. The van der Waals surface area contributed by atoms with E-state index >= 15 is 0 Å². The van der Waals surface area contributed by atoms with Crippen LogP contribution >= 0.6 is 0 Å². The Labute approximate surface area is 135 Å². The normalized spacial score (nSPS) is 12.7. The van der Waals surface area contributed by atoms with Crippen LogP contribution in [-0.4, -0.2) is 60.3 Å². The van der Waals surface area contributed by atoms with E-state index in [-0.39, 0.29) is 0 Å². The van der Waals surface area contributed by atoms with Gasteiger partial charge in [-0.2, -0.15) is 0 Å². The van der Waals surface area contributed by atoms with E-state index in [1.165, 1.54) is 0 Å². The summed E-state index contributed by atoms with van der Waals surface area (Å²) in [6.07, 6.45) is 0. The molecule has 0 bridgehead atoms. The van der Waals surface area contributed by atoms with E-state index in [2.05, 4.69) is 0 Å². The molecule has 0 atom stereocenters. The minimum absolute atomic E-state index is 0.511. The lowest BCUT2D eigenvalue weighted by atomic mass is 10.2. The smallest absolute Gasteiger partial charge is 0.377 e. The van der Waals surface area contributed by atoms with Gasteiger partial charge in [0.2, 0.25) is 0 Å². The third-order valence-electron chi connectivity index (χ3n) is 3.74. The first kappa shape index (κ1) is 19.5. The van der Waals surface area contributed by atoms with Crippen molar-refractivity contribution in [1.82, 2.24) is 0 Å². The predicted octanol–water partition coefficient (Wildman–Crippen LogP) is 1.04. The van der Waals surface area contributed by atoms with E-state index in [1.807, 2.05) is 25.1 Å². The molecule has 6 nitrogen and oxygen atoms in total. The summed E-state index contributed by atoms with van der Waals surface area (Å²) < 4.78 is 33.4. The fourth-order valence-corrected chi connectivity index (χ4v) is 6.42. The average Bonchev–Trinajstić information content (AvgIpc) is 2.57. The molecule has 0 amide bonds. The van der Waals surface area contributed by atoms with Crippen LogP contribution in [0.15, 0.2) is 18.2 Å². The van der Waals surface area contributed by atoms with Crippen LogP contribution in [0.3, 0.4) is 0 Å². The monoisotopic (exact) mass is 346 g/mol. The number of hydrogen-bond donors (Lipinski definition) is 0. The molecule has 0 aromatic heterocycles. The molecule has 0 saturated heterocycles. The van der Waals surface area contributed by atoms with Crippen molar-refractivity contribution >= 4 is 22.8 Å². The summed E-state index contributed by atoms with van der Waals surface area (Å²) in [7, 11) is 3.86. The molecule has 0 spiro atoms. The Balaban J connectivity index is 3.38. The van der Waals surface area contributed by atoms with E-state index in [4.69, 9.17) is 26.6 Å². The maximum absolute atomic E-state index is 5.62. The van der Waals surface area contributed by atoms with Crippen molar-refractivity contribution in [3.05, 3.63) is 29.3 Å². The van der Waals surface area contributed by atoms with Gasteiger partial charge in [-0.3, -0.25) is 0 Å². The Morgan fingerprint density at radius 3 is 1.68 bits per heavy atom. The standard InChI is InChI=1S/C14H26O6Si2/c1-12-8-9-13(11-21(15-2,16-3)17-4)14(10-12)22(18-5,19-6)20-7/h8-10H,11H2,1-7H3. The molecule has 0 fully saturated rings. The van der Waals surface area contributed by atoms with Crippen LogP contribution in [0, 0.1) is 6.92 Å². The minimum atomic E-state index is -2.95. The van der Waals surface area contributed by atoms with Crippen molar-refractivity contribution in [3.63, 3.8) is 0 Å². The van der Waals surface area contributed by atoms with Gasteiger partial charge in [-0.15, -0.1) is 0 Å². The molecule has 0 unspecified atom stereocenters. The third-order valence-corrected chi connectivity index (χ3v) is 9.16. The fourth-order valence-electron chi connectivity index (χ4n) is 2.41. The Morgan fingerprint density at radius 2 is 1.27 bits per heavy atom. The highest BCUT2D eigenvalue weighted by Gasteiger charge is 2.46. The van der Waals surface area contributed by atoms with Gasteiger partial charge in [0.1, 0.15) is 0 Å². The lowest BCUT2D eigenvalue weighted by molar-refractivity contribution is 0.122. The van der Waals surface area contributed by atoms with Gasteiger partial charge in [0.25, 0.3) is 0 Å². The van der Waals surface area contributed by atoms with Crippen LogP contribution in [0.25, 0.3) is 0 Å². The Bertz CT molecular complexity index is 458. The zero-order chi connectivity index (χ0) is 16.8. The van der Waals surface area contributed by atoms with E-state index in [9.17, 15) is 0 Å². The van der Waals surface area contributed by atoms with Crippen LogP contribution in [0.5, 0.6) is 0 Å². The Hall–Kier alpha value is -0.586. The summed E-state index contributed by atoms with van der Waals surface area (Å²) in [5.74, 6) is 0. The third kappa shape index (κ3) is 3.84. The van der Waals surface area contributed by atoms with E-state index < -0.39 is 17.6 Å². The van der Waals surface area contributed by atoms with E-state index in [1.54, 1.807) is 42.7 Å². The molecule has 126 valence electrons. The fraction of sp³-hybridized carbons (Fsp3) is 0.571. The van der Waals surface area contributed by atoms with Crippen LogP contribution in [-0.2, 0) is 32.6 Å². The van der Waals surface area contributed by atoms with Crippen molar-refractivity contribution in [2.24, 2.45) is 0 Å². The molecular weight excluding hydrogens is 320 g/mol. The molecule has 0 radical (unpaired) electrons. The zero-order valence-electron chi connectivity index (χ0n) is 14.4. The van der Waals surface area contributed by atoms with Crippen molar-refractivity contribution < 1.29 is 26.6 Å². The van der Waals surface area contributed by atoms with Gasteiger partial charge < -0.3 is 26.6 Å². The first-order valence-electron chi connectivity index (χ1n) is 6.87. The Kier molecular flexibility index (Phi) is 7.36. The summed E-state index contributed by atoms with van der Waals surface area (Å²) in [5.41, 5.74) is 2.08. The van der Waals surface area contributed by atoms with Crippen LogP contribution in [0.2, 0.25) is 0 Å². The first-order chi connectivity index (χ1) is 10.5.